The van der Waals surface area contributed by atoms with Gasteiger partial charge in [0, 0.05) is 22.3 Å². The van der Waals surface area contributed by atoms with Gasteiger partial charge < -0.3 is 19.3 Å². The molecule has 0 aliphatic heterocycles. The van der Waals surface area contributed by atoms with E-state index in [1.165, 1.54) is 0 Å². The summed E-state index contributed by atoms with van der Waals surface area (Å²) in [6, 6.07) is 7.37. The first-order valence-electron chi connectivity index (χ1n) is 11.8. The minimum absolute atomic E-state index is 0.276. The van der Waals surface area contributed by atoms with Crippen molar-refractivity contribution in [2.75, 3.05) is 0 Å². The lowest BCUT2D eigenvalue weighted by atomic mass is 9.79. The lowest BCUT2D eigenvalue weighted by molar-refractivity contribution is 0.416. The van der Waals surface area contributed by atoms with Gasteiger partial charge in [0.15, 0.2) is 0 Å². The highest BCUT2D eigenvalue weighted by Gasteiger charge is 2.29. The Kier molecular flexibility index (Phi) is 7.68. The topological polar surface area (TPSA) is 84.9 Å². The van der Waals surface area contributed by atoms with E-state index in [1.807, 2.05) is 24.3 Å². The maximum Gasteiger partial charge on any atom is 0.378 e. The van der Waals surface area contributed by atoms with Crippen LogP contribution in [0.3, 0.4) is 0 Å². The number of hydrogen-bond acceptors (Lipinski definition) is 5. The van der Waals surface area contributed by atoms with Gasteiger partial charge >= 0.3 is 8.53 Å². The fraction of sp³-hybridized carbons (Fsp3) is 0.571. The molecular weight excluding hydrogens is 445 g/mol. The molecule has 0 saturated carbocycles. The Hall–Kier alpha value is -1.97. The molecule has 0 aliphatic rings. The number of nitrogens with two attached hydrogens (primary N) is 1. The van der Waals surface area contributed by atoms with E-state index in [-0.39, 0.29) is 33.2 Å². The van der Waals surface area contributed by atoms with Crippen LogP contribution in [0.4, 0.5) is 0 Å². The Morgan fingerprint density at radius 2 is 0.735 bits per heavy atom. The molecule has 34 heavy (non-hydrogen) atoms. The van der Waals surface area contributed by atoms with E-state index in [9.17, 15) is 10.2 Å². The second-order valence-electron chi connectivity index (χ2n) is 13.2. The first-order valence-corrected chi connectivity index (χ1v) is 13.0. The highest BCUT2D eigenvalue weighted by Crippen LogP contribution is 2.46. The van der Waals surface area contributed by atoms with Crippen molar-refractivity contribution in [2.24, 2.45) is 5.50 Å². The number of phenolic OH excluding ortho intramolecular Hbond substituents is 2. The van der Waals surface area contributed by atoms with Crippen LogP contribution in [0.2, 0.25) is 0 Å². The minimum atomic E-state index is -1.81. The number of benzene rings is 2. The molecule has 0 atom stereocenters. The number of aromatic hydroxyl groups is 2. The van der Waals surface area contributed by atoms with Crippen molar-refractivity contribution in [3.63, 3.8) is 0 Å². The molecule has 0 unspecified atom stereocenters. The van der Waals surface area contributed by atoms with Crippen LogP contribution in [0.25, 0.3) is 0 Å². The molecule has 0 fully saturated rings. The van der Waals surface area contributed by atoms with Crippen LogP contribution < -0.4 is 14.6 Å². The summed E-state index contributed by atoms with van der Waals surface area (Å²) < 4.78 is 12.1. The van der Waals surface area contributed by atoms with Crippen molar-refractivity contribution < 1.29 is 19.3 Å². The monoisotopic (exact) mass is 489 g/mol. The Morgan fingerprint density at radius 3 is 0.912 bits per heavy atom. The predicted octanol–water partition coefficient (Wildman–Crippen LogP) is 7.93. The Labute approximate surface area is 207 Å². The number of hydrogen-bond donors (Lipinski definition) is 3. The van der Waals surface area contributed by atoms with Crippen molar-refractivity contribution >= 4 is 8.53 Å². The zero-order valence-electron chi connectivity index (χ0n) is 23.0. The van der Waals surface area contributed by atoms with Crippen molar-refractivity contribution in [1.82, 2.24) is 0 Å². The second kappa shape index (κ2) is 9.24. The highest BCUT2D eigenvalue weighted by atomic mass is 31.2. The van der Waals surface area contributed by atoms with Gasteiger partial charge in [0.05, 0.1) is 0 Å². The third-order valence-electron chi connectivity index (χ3n) is 5.79. The van der Waals surface area contributed by atoms with Crippen molar-refractivity contribution in [3.8, 4) is 23.0 Å². The van der Waals surface area contributed by atoms with E-state index in [2.05, 4.69) is 83.1 Å². The molecule has 0 saturated heterocycles. The smallest absolute Gasteiger partial charge is 0.378 e. The van der Waals surface area contributed by atoms with Gasteiger partial charge in [0.25, 0.3) is 0 Å². The SMILES string of the molecule is CC(C)(C)c1cc(OP(N)Oc2cc(C(C)(C)C)c(O)c(C(C)(C)C)c2)cc(C(C)(C)C)c1O. The van der Waals surface area contributed by atoms with Gasteiger partial charge in [-0.25, -0.2) is 5.50 Å². The van der Waals surface area contributed by atoms with Gasteiger partial charge in [-0.2, -0.15) is 0 Å². The molecule has 0 bridgehead atoms. The molecule has 2 rings (SSSR count). The van der Waals surface area contributed by atoms with Gasteiger partial charge in [-0.05, 0) is 45.9 Å². The van der Waals surface area contributed by atoms with Gasteiger partial charge in [-0.3, -0.25) is 0 Å². The summed E-state index contributed by atoms with van der Waals surface area (Å²) in [7, 11) is -1.81. The molecule has 190 valence electrons. The Morgan fingerprint density at radius 1 is 0.529 bits per heavy atom. The van der Waals surface area contributed by atoms with E-state index >= 15 is 0 Å². The summed E-state index contributed by atoms with van der Waals surface area (Å²) in [6.45, 7) is 24.6. The molecule has 0 radical (unpaired) electrons. The van der Waals surface area contributed by atoms with Crippen LogP contribution in [0, 0.1) is 0 Å². The highest BCUT2D eigenvalue weighted by molar-refractivity contribution is 7.45. The normalized spacial score (nSPS) is 13.4. The average Bonchev–Trinajstić information content (AvgIpc) is 2.60. The van der Waals surface area contributed by atoms with Crippen LogP contribution in [0.1, 0.15) is 105 Å². The zero-order valence-corrected chi connectivity index (χ0v) is 23.9. The number of phenols is 2. The summed E-state index contributed by atoms with van der Waals surface area (Å²) in [4.78, 5) is 0. The fourth-order valence-electron chi connectivity index (χ4n) is 3.83. The Balaban J connectivity index is 2.48. The van der Waals surface area contributed by atoms with Crippen molar-refractivity contribution in [3.05, 3.63) is 46.5 Å². The maximum absolute atomic E-state index is 11.0. The fourth-order valence-corrected chi connectivity index (χ4v) is 4.50. The quantitative estimate of drug-likeness (QED) is 0.380. The average molecular weight is 490 g/mol. The molecule has 5 nitrogen and oxygen atoms in total. The summed E-state index contributed by atoms with van der Waals surface area (Å²) in [5, 5.41) is 21.9. The van der Waals surface area contributed by atoms with E-state index in [1.54, 1.807) is 0 Å². The predicted molar refractivity (Wildman–Crippen MR) is 143 cm³/mol. The molecular formula is C28H44NO4P. The van der Waals surface area contributed by atoms with Crippen molar-refractivity contribution in [1.29, 1.82) is 0 Å². The molecule has 0 heterocycles. The first-order chi connectivity index (χ1) is 15.1. The number of rotatable bonds is 4. The molecule has 0 spiro atoms. The van der Waals surface area contributed by atoms with Gasteiger partial charge in [-0.15, -0.1) is 0 Å². The van der Waals surface area contributed by atoms with Crippen molar-refractivity contribution in [2.45, 2.75) is 105 Å². The van der Waals surface area contributed by atoms with Crippen LogP contribution >= 0.6 is 8.53 Å². The molecule has 2 aromatic carbocycles. The molecule has 0 aromatic heterocycles. The third-order valence-corrected chi connectivity index (χ3v) is 6.57. The Bertz CT molecular complexity index is 881. The molecule has 4 N–H and O–H groups in total. The van der Waals surface area contributed by atoms with Crippen LogP contribution in [-0.4, -0.2) is 10.2 Å². The van der Waals surface area contributed by atoms with Gasteiger partial charge in [0.1, 0.15) is 23.0 Å². The maximum atomic E-state index is 11.0. The van der Waals surface area contributed by atoms with Crippen LogP contribution in [-0.2, 0) is 21.7 Å². The minimum Gasteiger partial charge on any atom is -0.507 e. The lowest BCUT2D eigenvalue weighted by Gasteiger charge is -2.29. The molecule has 2 aromatic rings. The summed E-state index contributed by atoms with van der Waals surface area (Å²) in [6.07, 6.45) is 0. The molecule has 0 amide bonds. The summed E-state index contributed by atoms with van der Waals surface area (Å²) >= 11 is 0. The zero-order chi connectivity index (χ0) is 26.4. The van der Waals surface area contributed by atoms with E-state index < -0.39 is 8.53 Å². The second-order valence-corrected chi connectivity index (χ2v) is 14.1. The van der Waals surface area contributed by atoms with E-state index in [4.69, 9.17) is 14.6 Å². The molecule has 0 aliphatic carbocycles. The largest absolute Gasteiger partial charge is 0.507 e. The summed E-state index contributed by atoms with van der Waals surface area (Å²) in [5.41, 5.74) is 8.44. The molecule has 6 heteroatoms. The van der Waals surface area contributed by atoms with Crippen LogP contribution in [0.15, 0.2) is 24.3 Å². The first kappa shape index (κ1) is 28.3. The standard InChI is InChI=1S/C28H44NO4P/c1-25(2,3)19-13-17(14-20(23(19)30)26(4,5)6)32-34(29)33-18-15-21(27(7,8)9)24(31)22(16-18)28(10,11)12/h13-16,30-31H,29H2,1-12H3. The lowest BCUT2D eigenvalue weighted by Crippen LogP contribution is -2.18. The summed E-state index contributed by atoms with van der Waals surface area (Å²) in [5.74, 6) is 1.70. The van der Waals surface area contributed by atoms with Crippen LogP contribution in [0.5, 0.6) is 23.0 Å². The third kappa shape index (κ3) is 6.58. The van der Waals surface area contributed by atoms with E-state index in [0.717, 1.165) is 22.3 Å². The van der Waals surface area contributed by atoms with E-state index in [0.29, 0.717) is 11.5 Å². The van der Waals surface area contributed by atoms with Gasteiger partial charge in [0.2, 0.25) is 0 Å². The van der Waals surface area contributed by atoms with Gasteiger partial charge in [-0.1, -0.05) is 83.1 Å².